The van der Waals surface area contributed by atoms with E-state index < -0.39 is 11.4 Å². The van der Waals surface area contributed by atoms with Crippen LogP contribution in [0.1, 0.15) is 5.82 Å². The number of nitrogens with one attached hydrogen (secondary N) is 1. The number of likely N-dealkylation sites (N-methyl/N-ethyl adjacent to an activating group) is 1. The van der Waals surface area contributed by atoms with Crippen molar-refractivity contribution < 1.29 is 13.9 Å². The summed E-state index contributed by atoms with van der Waals surface area (Å²) in [5.74, 6) is -0.757. The summed E-state index contributed by atoms with van der Waals surface area (Å²) in [5.41, 5.74) is -0.268. The molecule has 0 atom stereocenters. The van der Waals surface area contributed by atoms with Crippen LogP contribution in [0.5, 0.6) is 5.75 Å². The summed E-state index contributed by atoms with van der Waals surface area (Å²) in [6.07, 6.45) is 0. The van der Waals surface area contributed by atoms with Crippen LogP contribution in [-0.2, 0) is 4.79 Å². The van der Waals surface area contributed by atoms with E-state index in [1.165, 1.54) is 18.0 Å². The zero-order chi connectivity index (χ0) is 13.7. The number of fused-ring (bicyclic) bond motifs is 2. The number of aromatic nitrogens is 2. The van der Waals surface area contributed by atoms with Crippen LogP contribution < -0.4 is 15.2 Å². The molecule has 1 aromatic heterocycles. The molecule has 1 amide bonds. The normalized spacial score (nSPS) is 14.5. The van der Waals surface area contributed by atoms with Crippen molar-refractivity contribution in [2.75, 3.05) is 18.6 Å². The standard InChI is InChI=1S/C12H10FN3O3/c1-5-14-10-6(12(18)15-5)3-7-11(9(10)13)19-4-8(17)16(7)2/h3H,4H2,1-2H3,(H,14,15,18). The number of halogens is 1. The average Bonchev–Trinajstić information content (AvgIpc) is 2.36. The van der Waals surface area contributed by atoms with Gasteiger partial charge in [0.1, 0.15) is 11.3 Å². The molecule has 0 saturated carbocycles. The Morgan fingerprint density at radius 1 is 1.47 bits per heavy atom. The van der Waals surface area contributed by atoms with Gasteiger partial charge in [-0.15, -0.1) is 0 Å². The van der Waals surface area contributed by atoms with E-state index in [0.29, 0.717) is 5.82 Å². The van der Waals surface area contributed by atoms with Gasteiger partial charge >= 0.3 is 0 Å². The molecule has 0 aliphatic carbocycles. The van der Waals surface area contributed by atoms with Gasteiger partial charge in [0, 0.05) is 7.05 Å². The summed E-state index contributed by atoms with van der Waals surface area (Å²) < 4.78 is 19.4. The lowest BCUT2D eigenvalue weighted by molar-refractivity contribution is -0.121. The molecule has 0 unspecified atom stereocenters. The molecule has 6 nitrogen and oxygen atoms in total. The van der Waals surface area contributed by atoms with Crippen LogP contribution in [0.2, 0.25) is 0 Å². The van der Waals surface area contributed by atoms with Crippen LogP contribution in [0, 0.1) is 12.7 Å². The second-order valence-corrected chi connectivity index (χ2v) is 4.33. The fourth-order valence-corrected chi connectivity index (χ4v) is 2.07. The summed E-state index contributed by atoms with van der Waals surface area (Å²) in [7, 11) is 1.50. The number of carbonyl (C=O) groups excluding carboxylic acids is 1. The van der Waals surface area contributed by atoms with Gasteiger partial charge in [-0.3, -0.25) is 9.59 Å². The Labute approximate surface area is 106 Å². The first-order valence-corrected chi connectivity index (χ1v) is 5.61. The first-order valence-electron chi connectivity index (χ1n) is 5.61. The fraction of sp³-hybridized carbons (Fsp3) is 0.250. The zero-order valence-electron chi connectivity index (χ0n) is 10.3. The molecule has 1 N–H and O–H groups in total. The van der Waals surface area contributed by atoms with Crippen molar-refractivity contribution in [3.05, 3.63) is 28.1 Å². The number of benzene rings is 1. The van der Waals surface area contributed by atoms with E-state index in [9.17, 15) is 14.0 Å². The second kappa shape index (κ2) is 3.78. The lowest BCUT2D eigenvalue weighted by Crippen LogP contribution is -2.36. The van der Waals surface area contributed by atoms with Gasteiger partial charge in [0.2, 0.25) is 0 Å². The maximum atomic E-state index is 14.3. The number of hydrogen-bond acceptors (Lipinski definition) is 4. The van der Waals surface area contributed by atoms with Gasteiger partial charge in [0.05, 0.1) is 11.1 Å². The second-order valence-electron chi connectivity index (χ2n) is 4.33. The molecule has 3 rings (SSSR count). The molecule has 0 bridgehead atoms. The Balaban J connectivity index is 2.43. The third kappa shape index (κ3) is 1.58. The van der Waals surface area contributed by atoms with Crippen LogP contribution in [0.25, 0.3) is 10.9 Å². The van der Waals surface area contributed by atoms with Crippen molar-refractivity contribution in [3.8, 4) is 5.75 Å². The predicted molar refractivity (Wildman–Crippen MR) is 66.0 cm³/mol. The Hall–Kier alpha value is -2.44. The van der Waals surface area contributed by atoms with Crippen molar-refractivity contribution in [2.24, 2.45) is 0 Å². The molecule has 1 aromatic carbocycles. The molecule has 7 heteroatoms. The third-order valence-corrected chi connectivity index (χ3v) is 3.07. The molecule has 0 fully saturated rings. The van der Waals surface area contributed by atoms with Crippen molar-refractivity contribution in [3.63, 3.8) is 0 Å². The minimum absolute atomic E-state index is 0.0490. The summed E-state index contributed by atoms with van der Waals surface area (Å²) in [6.45, 7) is 1.34. The molecular weight excluding hydrogens is 253 g/mol. The smallest absolute Gasteiger partial charge is 0.264 e. The molecule has 2 heterocycles. The third-order valence-electron chi connectivity index (χ3n) is 3.07. The monoisotopic (exact) mass is 263 g/mol. The summed E-state index contributed by atoms with van der Waals surface area (Å²) in [5, 5.41) is 0.0898. The number of nitrogens with zero attached hydrogens (tertiary/aromatic N) is 2. The quantitative estimate of drug-likeness (QED) is 0.760. The zero-order valence-corrected chi connectivity index (χ0v) is 10.3. The van der Waals surface area contributed by atoms with Gasteiger partial charge in [-0.05, 0) is 13.0 Å². The number of amides is 1. The summed E-state index contributed by atoms with van der Waals surface area (Å²) in [4.78, 5) is 31.1. The number of anilines is 1. The van der Waals surface area contributed by atoms with Gasteiger partial charge in [0.25, 0.3) is 11.5 Å². The number of hydrogen-bond donors (Lipinski definition) is 1. The van der Waals surface area contributed by atoms with Gasteiger partial charge < -0.3 is 14.6 Å². The maximum Gasteiger partial charge on any atom is 0.264 e. The minimum Gasteiger partial charge on any atom is -0.478 e. The Morgan fingerprint density at radius 2 is 2.21 bits per heavy atom. The van der Waals surface area contributed by atoms with E-state index in [4.69, 9.17) is 4.74 Å². The largest absolute Gasteiger partial charge is 0.478 e. The molecule has 0 saturated heterocycles. The highest BCUT2D eigenvalue weighted by molar-refractivity contribution is 6.00. The number of H-pyrrole nitrogens is 1. The van der Waals surface area contributed by atoms with Gasteiger partial charge in [-0.2, -0.15) is 0 Å². The highest BCUT2D eigenvalue weighted by Crippen LogP contribution is 2.37. The molecule has 2 aromatic rings. The Kier molecular flexibility index (Phi) is 2.31. The number of ether oxygens (including phenoxy) is 1. The molecule has 1 aliphatic heterocycles. The molecule has 98 valence electrons. The fourth-order valence-electron chi connectivity index (χ4n) is 2.07. The first kappa shape index (κ1) is 11.6. The number of carbonyl (C=O) groups is 1. The van der Waals surface area contributed by atoms with Crippen LogP contribution in [0.3, 0.4) is 0 Å². The van der Waals surface area contributed by atoms with E-state index in [2.05, 4.69) is 9.97 Å². The summed E-state index contributed by atoms with van der Waals surface area (Å²) >= 11 is 0. The van der Waals surface area contributed by atoms with Crippen LogP contribution >= 0.6 is 0 Å². The Morgan fingerprint density at radius 3 is 2.95 bits per heavy atom. The lowest BCUT2D eigenvalue weighted by atomic mass is 10.1. The minimum atomic E-state index is -0.721. The predicted octanol–water partition coefficient (Wildman–Crippen LogP) is 0.726. The molecule has 1 aliphatic rings. The number of aryl methyl sites for hydroxylation is 1. The van der Waals surface area contributed by atoms with Gasteiger partial charge in [0.15, 0.2) is 18.2 Å². The number of aromatic amines is 1. The van der Waals surface area contributed by atoms with Crippen molar-refractivity contribution in [1.29, 1.82) is 0 Å². The Bertz CT molecular complexity index is 769. The van der Waals surface area contributed by atoms with Crippen molar-refractivity contribution >= 4 is 22.5 Å². The first-order chi connectivity index (χ1) is 8.99. The van der Waals surface area contributed by atoms with E-state index in [0.717, 1.165) is 0 Å². The maximum absolute atomic E-state index is 14.3. The van der Waals surface area contributed by atoms with Crippen LogP contribution in [0.4, 0.5) is 10.1 Å². The molecular formula is C12H10FN3O3. The van der Waals surface area contributed by atoms with Crippen molar-refractivity contribution in [1.82, 2.24) is 9.97 Å². The van der Waals surface area contributed by atoms with E-state index >= 15 is 0 Å². The van der Waals surface area contributed by atoms with E-state index in [1.54, 1.807) is 6.92 Å². The van der Waals surface area contributed by atoms with Crippen LogP contribution in [0.15, 0.2) is 10.9 Å². The lowest BCUT2D eigenvalue weighted by Gasteiger charge is -2.26. The number of rotatable bonds is 0. The van der Waals surface area contributed by atoms with E-state index in [1.807, 2.05) is 0 Å². The highest BCUT2D eigenvalue weighted by Gasteiger charge is 2.28. The highest BCUT2D eigenvalue weighted by atomic mass is 19.1. The van der Waals surface area contributed by atoms with Gasteiger partial charge in [-0.1, -0.05) is 0 Å². The molecule has 19 heavy (non-hydrogen) atoms. The van der Waals surface area contributed by atoms with E-state index in [-0.39, 0.29) is 34.9 Å². The topological polar surface area (TPSA) is 75.3 Å². The SMILES string of the molecule is Cc1nc2c(F)c3c(cc2c(=O)[nH]1)N(C)C(=O)CO3. The van der Waals surface area contributed by atoms with Crippen molar-refractivity contribution in [2.45, 2.75) is 6.92 Å². The molecule has 0 spiro atoms. The molecule has 0 radical (unpaired) electrons. The van der Waals surface area contributed by atoms with Crippen LogP contribution in [-0.4, -0.2) is 29.5 Å². The summed E-state index contributed by atoms with van der Waals surface area (Å²) in [6, 6.07) is 1.41. The average molecular weight is 263 g/mol. The van der Waals surface area contributed by atoms with Gasteiger partial charge in [-0.25, -0.2) is 9.37 Å².